The molecule has 1 fully saturated rings. The van der Waals surface area contributed by atoms with Crippen LogP contribution in [0, 0.1) is 5.92 Å². The van der Waals surface area contributed by atoms with E-state index in [1.807, 2.05) is 32.9 Å². The van der Waals surface area contributed by atoms with Gasteiger partial charge >= 0.3 is 6.09 Å². The van der Waals surface area contributed by atoms with E-state index in [0.29, 0.717) is 37.1 Å². The number of hydrogen-bond acceptors (Lipinski definition) is 6. The fraction of sp³-hybridized carbons (Fsp3) is 0.500. The summed E-state index contributed by atoms with van der Waals surface area (Å²) in [6.45, 7) is 6.90. The van der Waals surface area contributed by atoms with Crippen LogP contribution in [0.4, 0.5) is 4.79 Å². The zero-order valence-electron chi connectivity index (χ0n) is 13.5. The van der Waals surface area contributed by atoms with E-state index >= 15 is 0 Å². The maximum absolute atomic E-state index is 11.9. The summed E-state index contributed by atoms with van der Waals surface area (Å²) in [5.41, 5.74) is 0.410. The van der Waals surface area contributed by atoms with Gasteiger partial charge in [0, 0.05) is 43.4 Å². The predicted octanol–water partition coefficient (Wildman–Crippen LogP) is 2.54. The summed E-state index contributed by atoms with van der Waals surface area (Å²) >= 11 is 0. The maximum Gasteiger partial charge on any atom is 0.410 e. The first kappa shape index (κ1) is 15.5. The molecule has 2 aromatic heterocycles. The minimum Gasteiger partial charge on any atom is -0.444 e. The van der Waals surface area contributed by atoms with Crippen LogP contribution in [-0.4, -0.2) is 44.8 Å². The Morgan fingerprint density at radius 1 is 1.35 bits per heavy atom. The lowest BCUT2D eigenvalue weighted by atomic mass is 9.97. The molecule has 1 aliphatic rings. The lowest BCUT2D eigenvalue weighted by Crippen LogP contribution is -2.52. The molecule has 1 amide bonds. The summed E-state index contributed by atoms with van der Waals surface area (Å²) in [5, 5.41) is 3.98. The second kappa shape index (κ2) is 5.98. The molecule has 0 saturated carbocycles. The van der Waals surface area contributed by atoms with E-state index in [0.717, 1.165) is 5.56 Å². The molecule has 0 N–H and O–H groups in total. The summed E-state index contributed by atoms with van der Waals surface area (Å²) in [6.07, 6.45) is 3.78. The summed E-state index contributed by atoms with van der Waals surface area (Å²) in [4.78, 5) is 21.9. The SMILES string of the molecule is CC(C)(C)OC(=O)N1CC(Cc2nc(-c3ccncc3)no2)C1. The molecule has 0 aromatic carbocycles. The van der Waals surface area contributed by atoms with Crippen LogP contribution >= 0.6 is 0 Å². The van der Waals surface area contributed by atoms with Crippen molar-refractivity contribution >= 4 is 6.09 Å². The minimum atomic E-state index is -0.464. The van der Waals surface area contributed by atoms with Crippen LogP contribution in [0.25, 0.3) is 11.4 Å². The highest BCUT2D eigenvalue weighted by molar-refractivity contribution is 5.69. The monoisotopic (exact) mass is 316 g/mol. The third-order valence-corrected chi connectivity index (χ3v) is 3.48. The van der Waals surface area contributed by atoms with Crippen LogP contribution in [0.1, 0.15) is 26.7 Å². The second-order valence-corrected chi connectivity index (χ2v) is 6.70. The van der Waals surface area contributed by atoms with Gasteiger partial charge in [-0.1, -0.05) is 5.16 Å². The predicted molar refractivity (Wildman–Crippen MR) is 82.5 cm³/mol. The van der Waals surface area contributed by atoms with Crippen molar-refractivity contribution in [3.05, 3.63) is 30.4 Å². The normalized spacial score (nSPS) is 15.3. The van der Waals surface area contributed by atoms with Crippen molar-refractivity contribution < 1.29 is 14.1 Å². The summed E-state index contributed by atoms with van der Waals surface area (Å²) in [5.74, 6) is 1.48. The zero-order valence-corrected chi connectivity index (χ0v) is 13.5. The fourth-order valence-electron chi connectivity index (χ4n) is 2.38. The van der Waals surface area contributed by atoms with E-state index in [9.17, 15) is 4.79 Å². The van der Waals surface area contributed by atoms with Crippen LogP contribution in [0.5, 0.6) is 0 Å². The van der Waals surface area contributed by atoms with E-state index in [4.69, 9.17) is 9.26 Å². The standard InChI is InChI=1S/C16H20N4O3/c1-16(2,3)22-15(21)20-9-11(10-20)8-13-18-14(19-23-13)12-4-6-17-7-5-12/h4-7,11H,8-10H2,1-3H3. The van der Waals surface area contributed by atoms with Gasteiger partial charge in [0.1, 0.15) is 5.60 Å². The van der Waals surface area contributed by atoms with Gasteiger partial charge in [0.2, 0.25) is 11.7 Å². The van der Waals surface area contributed by atoms with E-state index in [2.05, 4.69) is 15.1 Å². The number of nitrogens with zero attached hydrogens (tertiary/aromatic N) is 4. The Labute approximate surface area is 134 Å². The molecule has 0 spiro atoms. The Bertz CT molecular complexity index is 672. The molecule has 1 aliphatic heterocycles. The summed E-state index contributed by atoms with van der Waals surface area (Å²) in [6, 6.07) is 3.67. The first-order valence-electron chi connectivity index (χ1n) is 7.61. The van der Waals surface area contributed by atoms with Gasteiger partial charge in [-0.2, -0.15) is 4.98 Å². The molecule has 0 bridgehead atoms. The van der Waals surface area contributed by atoms with Crippen LogP contribution < -0.4 is 0 Å². The number of carbonyl (C=O) groups is 1. The molecule has 2 aromatic rings. The Morgan fingerprint density at radius 3 is 2.70 bits per heavy atom. The van der Waals surface area contributed by atoms with Crippen molar-refractivity contribution in [2.24, 2.45) is 5.92 Å². The van der Waals surface area contributed by atoms with Gasteiger partial charge in [-0.3, -0.25) is 4.98 Å². The quantitative estimate of drug-likeness (QED) is 0.865. The van der Waals surface area contributed by atoms with Crippen molar-refractivity contribution in [3.63, 3.8) is 0 Å². The third kappa shape index (κ3) is 3.85. The van der Waals surface area contributed by atoms with Crippen LogP contribution in [-0.2, 0) is 11.2 Å². The van der Waals surface area contributed by atoms with E-state index in [1.165, 1.54) is 0 Å². The molecule has 122 valence electrons. The third-order valence-electron chi connectivity index (χ3n) is 3.48. The van der Waals surface area contributed by atoms with Gasteiger partial charge in [-0.05, 0) is 32.9 Å². The van der Waals surface area contributed by atoms with Crippen molar-refractivity contribution in [1.82, 2.24) is 20.0 Å². The molecule has 1 saturated heterocycles. The molecule has 3 rings (SSSR count). The van der Waals surface area contributed by atoms with Crippen LogP contribution in [0.15, 0.2) is 29.0 Å². The van der Waals surface area contributed by atoms with Gasteiger partial charge in [0.05, 0.1) is 0 Å². The van der Waals surface area contributed by atoms with Crippen molar-refractivity contribution in [1.29, 1.82) is 0 Å². The number of likely N-dealkylation sites (tertiary alicyclic amines) is 1. The number of rotatable bonds is 3. The molecular weight excluding hydrogens is 296 g/mol. The topological polar surface area (TPSA) is 81.4 Å². The van der Waals surface area contributed by atoms with Crippen LogP contribution in [0.2, 0.25) is 0 Å². The number of ether oxygens (including phenoxy) is 1. The summed E-state index contributed by atoms with van der Waals surface area (Å²) < 4.78 is 10.6. The highest BCUT2D eigenvalue weighted by Gasteiger charge is 2.34. The molecular formula is C16H20N4O3. The number of hydrogen-bond donors (Lipinski definition) is 0. The second-order valence-electron chi connectivity index (χ2n) is 6.70. The van der Waals surface area contributed by atoms with Gasteiger partial charge in [0.15, 0.2) is 0 Å². The van der Waals surface area contributed by atoms with E-state index < -0.39 is 5.60 Å². The number of amides is 1. The molecule has 0 atom stereocenters. The molecule has 23 heavy (non-hydrogen) atoms. The van der Waals surface area contributed by atoms with Crippen molar-refractivity contribution in [2.75, 3.05) is 13.1 Å². The largest absolute Gasteiger partial charge is 0.444 e. The van der Waals surface area contributed by atoms with Crippen LogP contribution in [0.3, 0.4) is 0 Å². The Kier molecular flexibility index (Phi) is 4.02. The average Bonchev–Trinajstić information content (AvgIpc) is 2.90. The lowest BCUT2D eigenvalue weighted by Gasteiger charge is -2.39. The average molecular weight is 316 g/mol. The van der Waals surface area contributed by atoms with Gasteiger partial charge in [0.25, 0.3) is 0 Å². The fourth-order valence-corrected chi connectivity index (χ4v) is 2.38. The molecule has 0 aliphatic carbocycles. The van der Waals surface area contributed by atoms with E-state index in [1.54, 1.807) is 17.3 Å². The molecule has 7 nitrogen and oxygen atoms in total. The Morgan fingerprint density at radius 2 is 2.04 bits per heavy atom. The Balaban J connectivity index is 1.51. The highest BCUT2D eigenvalue weighted by atomic mass is 16.6. The zero-order chi connectivity index (χ0) is 16.4. The molecule has 0 unspecified atom stereocenters. The highest BCUT2D eigenvalue weighted by Crippen LogP contribution is 2.23. The molecule has 0 radical (unpaired) electrons. The number of aromatic nitrogens is 3. The van der Waals surface area contributed by atoms with Gasteiger partial charge in [-0.25, -0.2) is 4.79 Å². The van der Waals surface area contributed by atoms with Gasteiger partial charge in [-0.15, -0.1) is 0 Å². The lowest BCUT2D eigenvalue weighted by molar-refractivity contribution is -0.00186. The first-order valence-corrected chi connectivity index (χ1v) is 7.61. The number of pyridine rings is 1. The molecule has 7 heteroatoms. The smallest absolute Gasteiger partial charge is 0.410 e. The van der Waals surface area contributed by atoms with Gasteiger partial charge < -0.3 is 14.2 Å². The van der Waals surface area contributed by atoms with Crippen molar-refractivity contribution in [2.45, 2.75) is 32.8 Å². The van der Waals surface area contributed by atoms with E-state index in [-0.39, 0.29) is 6.09 Å². The minimum absolute atomic E-state index is 0.267. The Hall–Kier alpha value is -2.44. The number of carbonyl (C=O) groups excluding carboxylic acids is 1. The summed E-state index contributed by atoms with van der Waals surface area (Å²) in [7, 11) is 0. The maximum atomic E-state index is 11.9. The van der Waals surface area contributed by atoms with Crippen molar-refractivity contribution in [3.8, 4) is 11.4 Å². The first-order chi connectivity index (χ1) is 10.9. The molecule has 3 heterocycles.